The zero-order valence-electron chi connectivity index (χ0n) is 19.8. The first kappa shape index (κ1) is 22.3. The first-order valence-electron chi connectivity index (χ1n) is 12.9. The monoisotopic (exact) mass is 474 g/mol. The van der Waals surface area contributed by atoms with Crippen LogP contribution in [0.15, 0.2) is 48.7 Å². The summed E-state index contributed by atoms with van der Waals surface area (Å²) in [6.07, 6.45) is 8.73. The molecule has 1 aromatic heterocycles. The maximum atomic E-state index is 13.7. The molecule has 2 saturated carbocycles. The predicted molar refractivity (Wildman–Crippen MR) is 132 cm³/mol. The summed E-state index contributed by atoms with van der Waals surface area (Å²) in [5, 5.41) is 10.8. The molecule has 3 unspecified atom stereocenters. The number of nitrogens with zero attached hydrogens (tertiary/aromatic N) is 1. The topological polar surface area (TPSA) is 73.4 Å². The average Bonchev–Trinajstić information content (AvgIpc) is 3.50. The lowest BCUT2D eigenvalue weighted by atomic mass is 9.71. The Labute approximate surface area is 204 Å². The third-order valence-corrected chi connectivity index (χ3v) is 8.78. The maximum Gasteiger partial charge on any atom is 0.306 e. The zero-order valence-corrected chi connectivity index (χ0v) is 19.8. The second-order valence-electron chi connectivity index (χ2n) is 10.7. The summed E-state index contributed by atoms with van der Waals surface area (Å²) in [7, 11) is 0. The van der Waals surface area contributed by atoms with Crippen molar-refractivity contribution in [1.29, 1.82) is 0 Å². The fourth-order valence-corrected chi connectivity index (χ4v) is 6.86. The van der Waals surface area contributed by atoms with Gasteiger partial charge in [-0.2, -0.15) is 0 Å². The third-order valence-electron chi connectivity index (χ3n) is 8.78. The Bertz CT molecular complexity index is 1280. The maximum absolute atomic E-state index is 13.7. The lowest BCUT2D eigenvalue weighted by Crippen LogP contribution is -2.53. The number of aromatic nitrogens is 1. The van der Waals surface area contributed by atoms with Gasteiger partial charge in [0.25, 0.3) is 0 Å². The summed E-state index contributed by atoms with van der Waals surface area (Å²) in [6, 6.07) is 12.8. The highest BCUT2D eigenvalue weighted by molar-refractivity contribution is 5.99. The Balaban J connectivity index is 1.30. The number of amides is 1. The van der Waals surface area contributed by atoms with Crippen LogP contribution in [0.25, 0.3) is 22.0 Å². The molecule has 2 heterocycles. The Hall–Kier alpha value is -3.15. The molecule has 182 valence electrons. The Morgan fingerprint density at radius 3 is 2.60 bits per heavy atom. The minimum absolute atomic E-state index is 0.0552. The van der Waals surface area contributed by atoms with Gasteiger partial charge in [0.2, 0.25) is 5.91 Å². The van der Waals surface area contributed by atoms with Crippen LogP contribution in [0.3, 0.4) is 0 Å². The number of hydrogen-bond donors (Lipinski definition) is 2. The van der Waals surface area contributed by atoms with Crippen molar-refractivity contribution in [2.24, 2.45) is 11.8 Å². The molecule has 1 aliphatic heterocycles. The summed E-state index contributed by atoms with van der Waals surface area (Å²) in [4.78, 5) is 31.0. The van der Waals surface area contributed by atoms with E-state index in [1.165, 1.54) is 17.7 Å². The summed E-state index contributed by atoms with van der Waals surface area (Å²) in [6.45, 7) is 0.733. The number of carboxylic acids is 1. The summed E-state index contributed by atoms with van der Waals surface area (Å²) >= 11 is 0. The summed E-state index contributed by atoms with van der Waals surface area (Å²) in [5.74, 6) is -1.05. The van der Waals surface area contributed by atoms with Crippen molar-refractivity contribution >= 4 is 22.8 Å². The number of rotatable bonds is 5. The van der Waals surface area contributed by atoms with Crippen molar-refractivity contribution < 1.29 is 19.1 Å². The minimum Gasteiger partial charge on any atom is -0.481 e. The van der Waals surface area contributed by atoms with Gasteiger partial charge in [-0.3, -0.25) is 9.59 Å². The molecule has 3 aromatic rings. The molecule has 35 heavy (non-hydrogen) atoms. The van der Waals surface area contributed by atoms with Crippen molar-refractivity contribution in [2.45, 2.75) is 62.8 Å². The van der Waals surface area contributed by atoms with Crippen molar-refractivity contribution in [3.8, 4) is 11.1 Å². The number of carbonyl (C=O) groups excluding carboxylic acids is 1. The molecule has 3 atom stereocenters. The Morgan fingerprint density at radius 1 is 1.06 bits per heavy atom. The number of carbonyl (C=O) groups is 2. The standard InChI is InChI=1S/C29H31FN2O3/c30-19-11-9-18(10-12-19)20-4-1-7-24-27(20)23(17-31-24)29(13-14-29)16-26(33)32-15-3-6-21-22(28(34)35)5-2-8-25(21)32/h1,4,7,9-12,17,21-22,25,31H,2-3,5-6,8,13-16H2,(H,34,35). The molecule has 3 aliphatic rings. The molecule has 1 saturated heterocycles. The van der Waals surface area contributed by atoms with E-state index >= 15 is 0 Å². The van der Waals surface area contributed by atoms with Crippen LogP contribution in [0.1, 0.15) is 56.9 Å². The molecule has 5 nitrogen and oxygen atoms in total. The third kappa shape index (κ3) is 3.83. The van der Waals surface area contributed by atoms with Gasteiger partial charge in [0.15, 0.2) is 0 Å². The molecule has 0 radical (unpaired) electrons. The number of aromatic amines is 1. The van der Waals surface area contributed by atoms with E-state index in [9.17, 15) is 19.1 Å². The number of likely N-dealkylation sites (tertiary alicyclic amines) is 1. The van der Waals surface area contributed by atoms with Crippen LogP contribution in [-0.2, 0) is 15.0 Å². The van der Waals surface area contributed by atoms with Crippen LogP contribution in [0, 0.1) is 17.7 Å². The van der Waals surface area contributed by atoms with Gasteiger partial charge in [-0.15, -0.1) is 0 Å². The molecule has 2 N–H and O–H groups in total. The predicted octanol–water partition coefficient (Wildman–Crippen LogP) is 5.89. The smallest absolute Gasteiger partial charge is 0.306 e. The van der Waals surface area contributed by atoms with Gasteiger partial charge in [0.1, 0.15) is 5.82 Å². The normalized spacial score (nSPS) is 25.3. The van der Waals surface area contributed by atoms with Gasteiger partial charge in [0, 0.05) is 41.5 Å². The van der Waals surface area contributed by atoms with Crippen molar-refractivity contribution in [2.75, 3.05) is 6.54 Å². The van der Waals surface area contributed by atoms with Gasteiger partial charge >= 0.3 is 5.97 Å². The average molecular weight is 475 g/mol. The fourth-order valence-electron chi connectivity index (χ4n) is 6.86. The van der Waals surface area contributed by atoms with Gasteiger partial charge in [0.05, 0.1) is 5.92 Å². The van der Waals surface area contributed by atoms with Gasteiger partial charge in [-0.1, -0.05) is 30.7 Å². The largest absolute Gasteiger partial charge is 0.481 e. The molecule has 2 aromatic carbocycles. The highest BCUT2D eigenvalue weighted by Gasteiger charge is 2.50. The number of nitrogens with one attached hydrogen (secondary N) is 1. The molecule has 6 heteroatoms. The second kappa shape index (κ2) is 8.51. The van der Waals surface area contributed by atoms with Crippen molar-refractivity contribution in [3.05, 3.63) is 60.0 Å². The molecular formula is C29H31FN2O3. The van der Waals surface area contributed by atoms with E-state index in [0.29, 0.717) is 6.42 Å². The van der Waals surface area contributed by atoms with Crippen molar-refractivity contribution in [3.63, 3.8) is 0 Å². The van der Waals surface area contributed by atoms with E-state index in [1.54, 1.807) is 12.1 Å². The van der Waals surface area contributed by atoms with E-state index < -0.39 is 5.97 Å². The molecule has 0 spiro atoms. The highest BCUT2D eigenvalue weighted by Crippen LogP contribution is 2.55. The number of aliphatic carboxylic acids is 1. The quantitative estimate of drug-likeness (QED) is 0.484. The van der Waals surface area contributed by atoms with Gasteiger partial charge in [-0.25, -0.2) is 4.39 Å². The van der Waals surface area contributed by atoms with E-state index in [1.807, 2.05) is 17.0 Å². The SMILES string of the molecule is O=C(O)C1CCCC2C1CCCN2C(=O)CC1(c2c[nH]c3cccc(-c4ccc(F)cc4)c23)CC1. The molecule has 0 bridgehead atoms. The van der Waals surface area contributed by atoms with E-state index in [-0.39, 0.29) is 35.0 Å². The first-order chi connectivity index (χ1) is 17.0. The summed E-state index contributed by atoms with van der Waals surface area (Å²) < 4.78 is 13.6. The molecule has 1 amide bonds. The zero-order chi connectivity index (χ0) is 24.2. The van der Waals surface area contributed by atoms with Gasteiger partial charge < -0.3 is 15.0 Å². The lowest BCUT2D eigenvalue weighted by Gasteiger charge is -2.46. The Morgan fingerprint density at radius 2 is 1.86 bits per heavy atom. The fraction of sp³-hybridized carbons (Fsp3) is 0.448. The number of carboxylic acid groups (broad SMARTS) is 1. The number of H-pyrrole nitrogens is 1. The molecule has 2 aliphatic carbocycles. The highest BCUT2D eigenvalue weighted by atomic mass is 19.1. The number of piperidine rings is 1. The lowest BCUT2D eigenvalue weighted by molar-refractivity contribution is -0.152. The number of halogens is 1. The number of hydrogen-bond acceptors (Lipinski definition) is 2. The van der Waals surface area contributed by atoms with Crippen LogP contribution in [0.4, 0.5) is 4.39 Å². The van der Waals surface area contributed by atoms with E-state index in [2.05, 4.69) is 17.2 Å². The molecule has 3 fully saturated rings. The first-order valence-corrected chi connectivity index (χ1v) is 12.9. The van der Waals surface area contributed by atoms with E-state index in [0.717, 1.165) is 73.5 Å². The molecule has 6 rings (SSSR count). The van der Waals surface area contributed by atoms with Crippen LogP contribution >= 0.6 is 0 Å². The van der Waals surface area contributed by atoms with Crippen molar-refractivity contribution in [1.82, 2.24) is 9.88 Å². The van der Waals surface area contributed by atoms with E-state index in [4.69, 9.17) is 0 Å². The van der Waals surface area contributed by atoms with Crippen LogP contribution in [-0.4, -0.2) is 39.5 Å². The number of fused-ring (bicyclic) bond motifs is 2. The van der Waals surface area contributed by atoms with Crippen LogP contribution in [0.5, 0.6) is 0 Å². The molecular weight excluding hydrogens is 443 g/mol. The second-order valence-corrected chi connectivity index (χ2v) is 10.7. The Kier molecular flexibility index (Phi) is 5.42. The summed E-state index contributed by atoms with van der Waals surface area (Å²) in [5.41, 5.74) is 4.00. The minimum atomic E-state index is -0.709. The van der Waals surface area contributed by atoms with Crippen LogP contribution in [0.2, 0.25) is 0 Å². The van der Waals surface area contributed by atoms with Crippen LogP contribution < -0.4 is 0 Å². The van der Waals surface area contributed by atoms with Gasteiger partial charge in [-0.05, 0) is 79.3 Å². The number of benzene rings is 2.